The molecule has 7 heteroatoms. The van der Waals surface area contributed by atoms with Gasteiger partial charge in [0.15, 0.2) is 11.5 Å². The third-order valence-electron chi connectivity index (χ3n) is 8.80. The second-order valence-electron chi connectivity index (χ2n) is 10.7. The Labute approximate surface area is 229 Å². The Kier molecular flexibility index (Phi) is 6.45. The number of aryl methyl sites for hydroxylation is 1. The van der Waals surface area contributed by atoms with E-state index >= 15 is 0 Å². The van der Waals surface area contributed by atoms with Crippen molar-refractivity contribution in [2.75, 3.05) is 51.8 Å². The fraction of sp³-hybridized carbons (Fsp3) is 0.375. The van der Waals surface area contributed by atoms with Gasteiger partial charge in [-0.1, -0.05) is 36.4 Å². The Morgan fingerprint density at radius 3 is 2.31 bits per heavy atom. The van der Waals surface area contributed by atoms with Crippen molar-refractivity contribution < 1.29 is 19.1 Å². The number of anilines is 1. The first-order chi connectivity index (χ1) is 18.9. The lowest BCUT2D eigenvalue weighted by Gasteiger charge is -2.47. The SMILES string of the molecule is COc1cc2c(cc1OC)C(C(=O)N1CCN(c3cccc(C)c3C)CC1)C1c3ccccc3CCN1C2=O. The summed E-state index contributed by atoms with van der Waals surface area (Å²) in [6, 6.07) is 17.9. The van der Waals surface area contributed by atoms with Crippen LogP contribution in [0.25, 0.3) is 0 Å². The summed E-state index contributed by atoms with van der Waals surface area (Å²) in [5, 5.41) is 0. The minimum Gasteiger partial charge on any atom is -0.493 e. The van der Waals surface area contributed by atoms with Crippen LogP contribution in [0, 0.1) is 13.8 Å². The molecule has 0 radical (unpaired) electrons. The maximum Gasteiger partial charge on any atom is 0.254 e. The quantitative estimate of drug-likeness (QED) is 0.502. The number of ether oxygens (including phenoxy) is 2. The third kappa shape index (κ3) is 4.11. The van der Waals surface area contributed by atoms with Crippen molar-refractivity contribution in [2.24, 2.45) is 0 Å². The maximum absolute atomic E-state index is 14.5. The molecule has 0 bridgehead atoms. The summed E-state index contributed by atoms with van der Waals surface area (Å²) in [4.78, 5) is 34.6. The summed E-state index contributed by atoms with van der Waals surface area (Å²) < 4.78 is 11.1. The molecule has 2 atom stereocenters. The standard InChI is InChI=1S/C32H35N3O4/c1-20-8-7-11-26(21(20)2)33-14-16-34(17-15-33)32(37)29-24-18-27(38-3)28(39-4)19-25(24)31(36)35-13-12-22-9-5-6-10-23(22)30(29)35/h5-11,18-19,29-30H,12-17H2,1-4H3. The van der Waals surface area contributed by atoms with Crippen molar-refractivity contribution in [1.82, 2.24) is 9.80 Å². The molecule has 0 aliphatic carbocycles. The van der Waals surface area contributed by atoms with Crippen LogP contribution in [0.3, 0.4) is 0 Å². The molecule has 0 spiro atoms. The summed E-state index contributed by atoms with van der Waals surface area (Å²) in [6.45, 7) is 7.68. The zero-order valence-corrected chi connectivity index (χ0v) is 23.1. The van der Waals surface area contributed by atoms with Crippen LogP contribution in [-0.4, -0.2) is 68.6 Å². The second-order valence-corrected chi connectivity index (χ2v) is 10.7. The summed E-state index contributed by atoms with van der Waals surface area (Å²) in [5.41, 5.74) is 7.30. The highest BCUT2D eigenvalue weighted by Gasteiger charge is 2.48. The van der Waals surface area contributed by atoms with E-state index in [1.54, 1.807) is 20.3 Å². The Morgan fingerprint density at radius 1 is 0.846 bits per heavy atom. The molecular weight excluding hydrogens is 490 g/mol. The molecule has 0 N–H and O–H groups in total. The Balaban J connectivity index is 1.38. The zero-order valence-electron chi connectivity index (χ0n) is 23.1. The Hall–Kier alpha value is -4.00. The molecule has 3 aromatic carbocycles. The number of piperazine rings is 1. The Morgan fingerprint density at radius 2 is 1.56 bits per heavy atom. The molecule has 3 heterocycles. The van der Waals surface area contributed by atoms with Gasteiger partial charge in [0.1, 0.15) is 0 Å². The van der Waals surface area contributed by atoms with Gasteiger partial charge in [0.2, 0.25) is 5.91 Å². The average Bonchev–Trinajstić information content (AvgIpc) is 2.98. The highest BCUT2D eigenvalue weighted by molar-refractivity contribution is 6.02. The van der Waals surface area contributed by atoms with E-state index in [4.69, 9.17) is 9.47 Å². The number of fused-ring (bicyclic) bond motifs is 4. The van der Waals surface area contributed by atoms with E-state index in [1.807, 2.05) is 28.0 Å². The molecule has 7 nitrogen and oxygen atoms in total. The van der Waals surface area contributed by atoms with Gasteiger partial charge in [-0.2, -0.15) is 0 Å². The lowest BCUT2D eigenvalue weighted by molar-refractivity contribution is -0.135. The minimum atomic E-state index is -0.522. The summed E-state index contributed by atoms with van der Waals surface area (Å²) >= 11 is 0. The normalized spacial score (nSPS) is 20.2. The largest absolute Gasteiger partial charge is 0.493 e. The molecule has 0 saturated carbocycles. The van der Waals surface area contributed by atoms with Crippen molar-refractivity contribution >= 4 is 17.5 Å². The molecule has 39 heavy (non-hydrogen) atoms. The average molecular weight is 526 g/mol. The highest BCUT2D eigenvalue weighted by Crippen LogP contribution is 2.49. The first kappa shape index (κ1) is 25.3. The van der Waals surface area contributed by atoms with Crippen molar-refractivity contribution in [3.63, 3.8) is 0 Å². The number of rotatable bonds is 4. The van der Waals surface area contributed by atoms with Gasteiger partial charge in [-0.05, 0) is 66.3 Å². The van der Waals surface area contributed by atoms with Gasteiger partial charge in [-0.3, -0.25) is 9.59 Å². The van der Waals surface area contributed by atoms with E-state index in [-0.39, 0.29) is 17.9 Å². The number of carbonyl (C=O) groups excluding carboxylic acids is 2. The molecule has 2 amide bonds. The van der Waals surface area contributed by atoms with Crippen molar-refractivity contribution in [3.05, 3.63) is 88.0 Å². The molecule has 3 aliphatic heterocycles. The molecule has 0 aromatic heterocycles. The fourth-order valence-electron chi connectivity index (χ4n) is 6.56. The molecule has 202 valence electrons. The van der Waals surface area contributed by atoms with E-state index in [1.165, 1.54) is 22.4 Å². The number of benzene rings is 3. The van der Waals surface area contributed by atoms with Gasteiger partial charge >= 0.3 is 0 Å². The maximum atomic E-state index is 14.5. The highest BCUT2D eigenvalue weighted by atomic mass is 16.5. The molecule has 3 aromatic rings. The number of amides is 2. The van der Waals surface area contributed by atoms with Gasteiger partial charge < -0.3 is 24.2 Å². The van der Waals surface area contributed by atoms with Gasteiger partial charge in [0.25, 0.3) is 5.91 Å². The van der Waals surface area contributed by atoms with E-state index < -0.39 is 5.92 Å². The van der Waals surface area contributed by atoms with E-state index in [9.17, 15) is 9.59 Å². The monoisotopic (exact) mass is 525 g/mol. The van der Waals surface area contributed by atoms with Gasteiger partial charge in [-0.25, -0.2) is 0 Å². The number of nitrogens with zero attached hydrogens (tertiary/aromatic N) is 3. The van der Waals surface area contributed by atoms with Crippen LogP contribution < -0.4 is 14.4 Å². The summed E-state index contributed by atoms with van der Waals surface area (Å²) in [5.74, 6) is 0.497. The molecule has 2 unspecified atom stereocenters. The van der Waals surface area contributed by atoms with Gasteiger partial charge in [0.05, 0.1) is 26.2 Å². The lowest BCUT2D eigenvalue weighted by atomic mass is 9.75. The predicted octanol–water partition coefficient (Wildman–Crippen LogP) is 4.51. The topological polar surface area (TPSA) is 62.3 Å². The minimum absolute atomic E-state index is 0.0586. The second kappa shape index (κ2) is 9.95. The molecule has 3 aliphatic rings. The lowest BCUT2D eigenvalue weighted by Crippen LogP contribution is -2.54. The van der Waals surface area contributed by atoms with Crippen LogP contribution in [-0.2, 0) is 11.2 Å². The van der Waals surface area contributed by atoms with Crippen molar-refractivity contribution in [1.29, 1.82) is 0 Å². The summed E-state index contributed by atoms with van der Waals surface area (Å²) in [6.07, 6.45) is 0.774. The Bertz CT molecular complexity index is 1440. The van der Waals surface area contributed by atoms with E-state index in [0.29, 0.717) is 36.7 Å². The predicted molar refractivity (Wildman–Crippen MR) is 151 cm³/mol. The van der Waals surface area contributed by atoms with Crippen LogP contribution in [0.2, 0.25) is 0 Å². The third-order valence-corrected chi connectivity index (χ3v) is 8.80. The molecular formula is C32H35N3O4. The summed E-state index contributed by atoms with van der Waals surface area (Å²) in [7, 11) is 3.15. The molecule has 1 saturated heterocycles. The molecule has 6 rings (SSSR count). The van der Waals surface area contributed by atoms with E-state index in [2.05, 4.69) is 49.1 Å². The van der Waals surface area contributed by atoms with Gasteiger partial charge in [-0.15, -0.1) is 0 Å². The number of carbonyl (C=O) groups is 2. The van der Waals surface area contributed by atoms with E-state index in [0.717, 1.165) is 30.6 Å². The van der Waals surface area contributed by atoms with Crippen LogP contribution in [0.15, 0.2) is 54.6 Å². The first-order valence-electron chi connectivity index (χ1n) is 13.7. The van der Waals surface area contributed by atoms with Crippen LogP contribution in [0.4, 0.5) is 5.69 Å². The molecule has 1 fully saturated rings. The van der Waals surface area contributed by atoms with Crippen molar-refractivity contribution in [3.8, 4) is 11.5 Å². The van der Waals surface area contributed by atoms with Gasteiger partial charge in [0, 0.05) is 44.0 Å². The van der Waals surface area contributed by atoms with Crippen molar-refractivity contribution in [2.45, 2.75) is 32.2 Å². The number of methoxy groups -OCH3 is 2. The van der Waals surface area contributed by atoms with Crippen LogP contribution in [0.1, 0.15) is 50.1 Å². The van der Waals surface area contributed by atoms with Crippen LogP contribution in [0.5, 0.6) is 11.5 Å². The fourth-order valence-corrected chi connectivity index (χ4v) is 6.56. The first-order valence-corrected chi connectivity index (χ1v) is 13.7. The number of hydrogen-bond acceptors (Lipinski definition) is 5. The number of hydrogen-bond donors (Lipinski definition) is 0. The zero-order chi connectivity index (χ0) is 27.3. The van der Waals surface area contributed by atoms with Crippen LogP contribution >= 0.6 is 0 Å². The smallest absolute Gasteiger partial charge is 0.254 e.